The van der Waals surface area contributed by atoms with Gasteiger partial charge in [0.2, 0.25) is 5.91 Å². The van der Waals surface area contributed by atoms with E-state index < -0.39 is 0 Å². The normalized spacial score (nSPS) is 10.9. The van der Waals surface area contributed by atoms with Crippen LogP contribution in [0.25, 0.3) is 0 Å². The third kappa shape index (κ3) is 5.31. The molecule has 24 heavy (non-hydrogen) atoms. The van der Waals surface area contributed by atoms with Gasteiger partial charge in [0.15, 0.2) is 5.13 Å². The molecule has 130 valence electrons. The third-order valence-electron chi connectivity index (χ3n) is 3.70. The summed E-state index contributed by atoms with van der Waals surface area (Å²) < 4.78 is 6.71. The summed E-state index contributed by atoms with van der Waals surface area (Å²) in [7, 11) is 0. The van der Waals surface area contributed by atoms with Crippen molar-refractivity contribution < 1.29 is 9.53 Å². The number of nitrogens with one attached hydrogen (secondary N) is 1. The van der Waals surface area contributed by atoms with Gasteiger partial charge in [-0.2, -0.15) is 0 Å². The van der Waals surface area contributed by atoms with Gasteiger partial charge in [0.25, 0.3) is 0 Å². The molecule has 2 aromatic rings. The van der Waals surface area contributed by atoms with Gasteiger partial charge in [-0.05, 0) is 59.8 Å². The predicted octanol–water partition coefficient (Wildman–Crippen LogP) is 5.44. The zero-order valence-corrected chi connectivity index (χ0v) is 16.9. The number of rotatable bonds is 7. The van der Waals surface area contributed by atoms with E-state index in [0.717, 1.165) is 20.8 Å². The fourth-order valence-electron chi connectivity index (χ4n) is 2.12. The smallest absolute Gasteiger partial charge is 0.226 e. The third-order valence-corrected chi connectivity index (χ3v) is 5.31. The van der Waals surface area contributed by atoms with E-state index in [9.17, 15) is 4.79 Å². The van der Waals surface area contributed by atoms with Crippen LogP contribution in [0.5, 0.6) is 5.75 Å². The highest BCUT2D eigenvalue weighted by Gasteiger charge is 2.09. The van der Waals surface area contributed by atoms with Crippen molar-refractivity contribution in [3.63, 3.8) is 0 Å². The molecule has 1 aromatic heterocycles. The Morgan fingerprint density at radius 3 is 2.71 bits per heavy atom. The van der Waals surface area contributed by atoms with Crippen LogP contribution in [0.4, 0.5) is 5.13 Å². The number of amides is 1. The molecule has 0 unspecified atom stereocenters. The summed E-state index contributed by atoms with van der Waals surface area (Å²) in [6, 6.07) is 6.13. The summed E-state index contributed by atoms with van der Waals surface area (Å²) in [6.07, 6.45) is 1.08. The van der Waals surface area contributed by atoms with Gasteiger partial charge in [-0.3, -0.25) is 4.79 Å². The van der Waals surface area contributed by atoms with Crippen molar-refractivity contribution in [3.8, 4) is 5.75 Å². The van der Waals surface area contributed by atoms with Crippen molar-refractivity contribution in [1.29, 1.82) is 0 Å². The van der Waals surface area contributed by atoms with Crippen LogP contribution in [0.15, 0.2) is 22.7 Å². The number of anilines is 1. The molecular weight excluding hydrogens is 388 g/mol. The van der Waals surface area contributed by atoms with E-state index in [-0.39, 0.29) is 5.91 Å². The average Bonchev–Trinajstić information content (AvgIpc) is 2.82. The second-order valence-corrected chi connectivity index (χ2v) is 8.06. The Balaban J connectivity index is 1.75. The number of aromatic nitrogens is 1. The lowest BCUT2D eigenvalue weighted by molar-refractivity contribution is -0.116. The molecule has 0 bridgehead atoms. The fourth-order valence-corrected chi connectivity index (χ4v) is 3.46. The van der Waals surface area contributed by atoms with Gasteiger partial charge in [-0.15, -0.1) is 11.3 Å². The summed E-state index contributed by atoms with van der Waals surface area (Å²) in [5, 5.41) is 3.51. The van der Waals surface area contributed by atoms with Crippen molar-refractivity contribution in [2.24, 2.45) is 0 Å². The lowest BCUT2D eigenvalue weighted by Gasteiger charge is -2.11. The molecule has 0 saturated carbocycles. The quantitative estimate of drug-likeness (QED) is 0.617. The highest BCUT2D eigenvalue weighted by atomic mass is 79.9. The molecule has 0 fully saturated rings. The largest absolute Gasteiger partial charge is 0.492 e. The maximum atomic E-state index is 11.9. The van der Waals surface area contributed by atoms with Crippen molar-refractivity contribution in [3.05, 3.63) is 38.8 Å². The van der Waals surface area contributed by atoms with Crippen LogP contribution in [0.2, 0.25) is 0 Å². The number of halogens is 1. The minimum atomic E-state index is -0.0263. The molecule has 1 N–H and O–H groups in total. The molecule has 6 heteroatoms. The highest BCUT2D eigenvalue weighted by molar-refractivity contribution is 9.10. The van der Waals surface area contributed by atoms with Crippen molar-refractivity contribution in [2.75, 3.05) is 11.9 Å². The Hall–Kier alpha value is -1.40. The first-order valence-corrected chi connectivity index (χ1v) is 9.64. The predicted molar refractivity (Wildman–Crippen MR) is 103 cm³/mol. The molecule has 1 amide bonds. The van der Waals surface area contributed by atoms with Gasteiger partial charge in [-0.1, -0.05) is 19.9 Å². The first-order valence-electron chi connectivity index (χ1n) is 8.03. The number of thiazole rings is 1. The standard InChI is InChI=1S/C18H23BrN2O2S/c1-11(2)14-7-8-16(15(19)10-14)23-9-5-6-17(22)21-18-20-12(3)13(4)24-18/h7-8,10-11H,5-6,9H2,1-4H3,(H,20,21,22). The van der Waals surface area contributed by atoms with Gasteiger partial charge in [0.05, 0.1) is 16.8 Å². The maximum Gasteiger partial charge on any atom is 0.226 e. The lowest BCUT2D eigenvalue weighted by atomic mass is 10.0. The van der Waals surface area contributed by atoms with Gasteiger partial charge in [-0.25, -0.2) is 4.98 Å². The molecule has 0 radical (unpaired) electrons. The molecule has 0 aliphatic rings. The monoisotopic (exact) mass is 410 g/mol. The Kier molecular flexibility index (Phi) is 6.80. The van der Waals surface area contributed by atoms with Gasteiger partial charge < -0.3 is 10.1 Å². The van der Waals surface area contributed by atoms with E-state index in [2.05, 4.69) is 52.2 Å². The van der Waals surface area contributed by atoms with E-state index in [1.165, 1.54) is 16.9 Å². The second kappa shape index (κ2) is 8.62. The van der Waals surface area contributed by atoms with Gasteiger partial charge in [0, 0.05) is 11.3 Å². The first kappa shape index (κ1) is 18.9. The minimum Gasteiger partial charge on any atom is -0.492 e. The van der Waals surface area contributed by atoms with Gasteiger partial charge in [0.1, 0.15) is 5.75 Å². The van der Waals surface area contributed by atoms with E-state index >= 15 is 0 Å². The van der Waals surface area contributed by atoms with E-state index in [1.54, 1.807) is 0 Å². The molecule has 0 saturated heterocycles. The number of hydrogen-bond acceptors (Lipinski definition) is 4. The topological polar surface area (TPSA) is 51.2 Å². The Bertz CT molecular complexity index is 694. The molecule has 2 rings (SSSR count). The van der Waals surface area contributed by atoms with Crippen LogP contribution >= 0.6 is 27.3 Å². The lowest BCUT2D eigenvalue weighted by Crippen LogP contribution is -2.12. The second-order valence-electron chi connectivity index (χ2n) is 6.01. The zero-order chi connectivity index (χ0) is 17.7. The highest BCUT2D eigenvalue weighted by Crippen LogP contribution is 2.29. The van der Waals surface area contributed by atoms with Crippen molar-refractivity contribution in [1.82, 2.24) is 4.98 Å². The van der Waals surface area contributed by atoms with Crippen LogP contribution in [0.1, 0.15) is 48.7 Å². The number of benzene rings is 1. The Morgan fingerprint density at radius 1 is 1.38 bits per heavy atom. The Labute approximate surface area is 155 Å². The summed E-state index contributed by atoms with van der Waals surface area (Å²) in [5.41, 5.74) is 2.23. The van der Waals surface area contributed by atoms with Crippen LogP contribution in [-0.4, -0.2) is 17.5 Å². The van der Waals surface area contributed by atoms with E-state index in [0.29, 0.717) is 30.5 Å². The van der Waals surface area contributed by atoms with Crippen molar-refractivity contribution in [2.45, 2.75) is 46.5 Å². The summed E-state index contributed by atoms with van der Waals surface area (Å²) in [5.74, 6) is 1.27. The molecule has 0 aliphatic heterocycles. The SMILES string of the molecule is Cc1nc(NC(=O)CCCOc2ccc(C(C)C)cc2Br)sc1C. The molecule has 4 nitrogen and oxygen atoms in total. The molecule has 1 aromatic carbocycles. The number of nitrogens with zero attached hydrogens (tertiary/aromatic N) is 1. The minimum absolute atomic E-state index is 0.0263. The zero-order valence-electron chi connectivity index (χ0n) is 14.5. The van der Waals surface area contributed by atoms with Crippen LogP contribution in [-0.2, 0) is 4.79 Å². The molecule has 0 aliphatic carbocycles. The van der Waals surface area contributed by atoms with Crippen LogP contribution in [0.3, 0.4) is 0 Å². The fraction of sp³-hybridized carbons (Fsp3) is 0.444. The maximum absolute atomic E-state index is 11.9. The number of hydrogen-bond donors (Lipinski definition) is 1. The van der Waals surface area contributed by atoms with Crippen molar-refractivity contribution >= 4 is 38.3 Å². The molecule has 0 spiro atoms. The summed E-state index contributed by atoms with van der Waals surface area (Å²) in [4.78, 5) is 17.4. The first-order chi connectivity index (χ1) is 11.4. The van der Waals surface area contributed by atoms with E-state index in [1.807, 2.05) is 19.9 Å². The summed E-state index contributed by atoms with van der Waals surface area (Å²) in [6.45, 7) is 8.76. The summed E-state index contributed by atoms with van der Waals surface area (Å²) >= 11 is 5.04. The average molecular weight is 411 g/mol. The molecular formula is C18H23BrN2O2S. The number of carbonyl (C=O) groups is 1. The van der Waals surface area contributed by atoms with Gasteiger partial charge >= 0.3 is 0 Å². The number of ether oxygens (including phenoxy) is 1. The van der Waals surface area contributed by atoms with E-state index in [4.69, 9.17) is 4.74 Å². The molecule has 1 heterocycles. The Morgan fingerprint density at radius 2 is 2.12 bits per heavy atom. The van der Waals surface area contributed by atoms with Crippen LogP contribution < -0.4 is 10.1 Å². The number of carbonyl (C=O) groups excluding carboxylic acids is 1. The molecule has 0 atom stereocenters. The van der Waals surface area contributed by atoms with Crippen LogP contribution in [0, 0.1) is 13.8 Å². The number of aryl methyl sites for hydroxylation is 2.